The number of aryl methyl sites for hydroxylation is 2. The van der Waals surface area contributed by atoms with Gasteiger partial charge in [-0.3, -0.25) is 0 Å². The molecule has 0 aromatic heterocycles. The molecular formula is C17H15NO3. The van der Waals surface area contributed by atoms with Crippen molar-refractivity contribution in [3.63, 3.8) is 0 Å². The van der Waals surface area contributed by atoms with Gasteiger partial charge in [0.25, 0.3) is 0 Å². The third-order valence-electron chi connectivity index (χ3n) is 3.37. The van der Waals surface area contributed by atoms with E-state index >= 15 is 0 Å². The van der Waals surface area contributed by atoms with Crippen LogP contribution in [-0.4, -0.2) is 11.1 Å². The molecule has 0 radical (unpaired) electrons. The summed E-state index contributed by atoms with van der Waals surface area (Å²) in [5, 5.41) is 18.1. The van der Waals surface area contributed by atoms with Crippen LogP contribution in [0.4, 0.5) is 0 Å². The summed E-state index contributed by atoms with van der Waals surface area (Å²) in [5.41, 5.74) is 3.67. The normalized spacial score (nSPS) is 9.95. The van der Waals surface area contributed by atoms with Crippen LogP contribution in [0.3, 0.4) is 0 Å². The van der Waals surface area contributed by atoms with E-state index in [0.717, 1.165) is 16.7 Å². The molecule has 0 bridgehead atoms. The topological polar surface area (TPSA) is 70.3 Å². The van der Waals surface area contributed by atoms with Crippen molar-refractivity contribution < 1.29 is 14.6 Å². The van der Waals surface area contributed by atoms with Crippen LogP contribution in [0.25, 0.3) is 0 Å². The molecule has 0 saturated heterocycles. The first-order valence-corrected chi connectivity index (χ1v) is 6.48. The van der Waals surface area contributed by atoms with Crippen LogP contribution < -0.4 is 4.74 Å². The van der Waals surface area contributed by atoms with E-state index < -0.39 is 5.97 Å². The van der Waals surface area contributed by atoms with E-state index in [1.54, 1.807) is 0 Å². The van der Waals surface area contributed by atoms with Gasteiger partial charge in [-0.05, 0) is 48.7 Å². The molecule has 0 aliphatic rings. The SMILES string of the molecule is Cc1cccc(C)c1COc1cc(C(=O)O)ccc1C#N. The maximum absolute atomic E-state index is 11.0. The summed E-state index contributed by atoms with van der Waals surface area (Å²) in [5.74, 6) is -0.753. The Morgan fingerprint density at radius 3 is 2.48 bits per heavy atom. The van der Waals surface area contributed by atoms with Crippen LogP contribution >= 0.6 is 0 Å². The zero-order chi connectivity index (χ0) is 15.4. The van der Waals surface area contributed by atoms with Crippen LogP contribution in [0.2, 0.25) is 0 Å². The standard InChI is InChI=1S/C17H15NO3/c1-11-4-3-5-12(2)15(11)10-21-16-8-13(17(19)20)6-7-14(16)9-18/h3-8H,10H2,1-2H3,(H,19,20). The molecule has 0 spiro atoms. The lowest BCUT2D eigenvalue weighted by Gasteiger charge is -2.12. The second kappa shape index (κ2) is 6.10. The number of carbonyl (C=O) groups is 1. The Balaban J connectivity index is 2.29. The molecule has 0 aliphatic heterocycles. The van der Waals surface area contributed by atoms with Gasteiger partial charge in [-0.1, -0.05) is 18.2 Å². The molecular weight excluding hydrogens is 266 g/mol. The number of carboxylic acid groups (broad SMARTS) is 1. The number of nitrogens with zero attached hydrogens (tertiary/aromatic N) is 1. The van der Waals surface area contributed by atoms with Gasteiger partial charge >= 0.3 is 5.97 Å². The summed E-state index contributed by atoms with van der Waals surface area (Å²) in [6.45, 7) is 4.28. The number of rotatable bonds is 4. The third-order valence-corrected chi connectivity index (χ3v) is 3.37. The van der Waals surface area contributed by atoms with Gasteiger partial charge in [-0.15, -0.1) is 0 Å². The van der Waals surface area contributed by atoms with Gasteiger partial charge in [0.05, 0.1) is 11.1 Å². The van der Waals surface area contributed by atoms with E-state index in [9.17, 15) is 4.79 Å². The zero-order valence-corrected chi connectivity index (χ0v) is 11.9. The molecule has 0 fully saturated rings. The van der Waals surface area contributed by atoms with Crippen LogP contribution in [0.15, 0.2) is 36.4 Å². The van der Waals surface area contributed by atoms with Gasteiger partial charge in [0, 0.05) is 0 Å². The fourth-order valence-corrected chi connectivity index (χ4v) is 2.09. The third kappa shape index (κ3) is 3.21. The van der Waals surface area contributed by atoms with E-state index in [2.05, 4.69) is 0 Å². The largest absolute Gasteiger partial charge is 0.487 e. The van der Waals surface area contributed by atoms with E-state index in [0.29, 0.717) is 17.9 Å². The summed E-state index contributed by atoms with van der Waals surface area (Å²) in [6.07, 6.45) is 0. The van der Waals surface area contributed by atoms with E-state index in [4.69, 9.17) is 15.1 Å². The molecule has 21 heavy (non-hydrogen) atoms. The number of hydrogen-bond donors (Lipinski definition) is 1. The van der Waals surface area contributed by atoms with Gasteiger partial charge in [0.2, 0.25) is 0 Å². The Kier molecular flexibility index (Phi) is 4.24. The number of benzene rings is 2. The van der Waals surface area contributed by atoms with E-state index in [1.165, 1.54) is 18.2 Å². The molecule has 2 aromatic rings. The highest BCUT2D eigenvalue weighted by Crippen LogP contribution is 2.23. The van der Waals surface area contributed by atoms with Crippen molar-refractivity contribution in [2.75, 3.05) is 0 Å². The molecule has 0 atom stereocenters. The van der Waals surface area contributed by atoms with Crippen molar-refractivity contribution in [3.8, 4) is 11.8 Å². The second-order valence-corrected chi connectivity index (χ2v) is 4.79. The monoisotopic (exact) mass is 281 g/mol. The fraction of sp³-hybridized carbons (Fsp3) is 0.176. The number of nitriles is 1. The summed E-state index contributed by atoms with van der Waals surface area (Å²) >= 11 is 0. The minimum atomic E-state index is -1.04. The highest BCUT2D eigenvalue weighted by atomic mass is 16.5. The minimum Gasteiger partial charge on any atom is -0.487 e. The van der Waals surface area contributed by atoms with Crippen LogP contribution in [0.5, 0.6) is 5.75 Å². The van der Waals surface area contributed by atoms with Gasteiger partial charge in [0.1, 0.15) is 18.4 Å². The fourth-order valence-electron chi connectivity index (χ4n) is 2.09. The highest BCUT2D eigenvalue weighted by Gasteiger charge is 2.11. The number of hydrogen-bond acceptors (Lipinski definition) is 3. The van der Waals surface area contributed by atoms with Crippen molar-refractivity contribution >= 4 is 5.97 Å². The molecule has 4 heteroatoms. The lowest BCUT2D eigenvalue weighted by molar-refractivity contribution is 0.0696. The molecule has 4 nitrogen and oxygen atoms in total. The molecule has 106 valence electrons. The predicted octanol–water partition coefficient (Wildman–Crippen LogP) is 3.45. The summed E-state index contributed by atoms with van der Waals surface area (Å²) in [7, 11) is 0. The quantitative estimate of drug-likeness (QED) is 0.931. The summed E-state index contributed by atoms with van der Waals surface area (Å²) in [6, 6.07) is 12.2. The van der Waals surface area contributed by atoms with Gasteiger partial charge < -0.3 is 9.84 Å². The lowest BCUT2D eigenvalue weighted by Crippen LogP contribution is -2.03. The van der Waals surface area contributed by atoms with Crippen molar-refractivity contribution in [1.29, 1.82) is 5.26 Å². The van der Waals surface area contributed by atoms with Crippen molar-refractivity contribution in [2.45, 2.75) is 20.5 Å². The van der Waals surface area contributed by atoms with Gasteiger partial charge in [-0.25, -0.2) is 4.79 Å². The molecule has 0 aliphatic carbocycles. The second-order valence-electron chi connectivity index (χ2n) is 4.79. The summed E-state index contributed by atoms with van der Waals surface area (Å²) in [4.78, 5) is 11.0. The Morgan fingerprint density at radius 1 is 1.24 bits per heavy atom. The Morgan fingerprint density at radius 2 is 1.90 bits per heavy atom. The van der Waals surface area contributed by atoms with Crippen LogP contribution in [0, 0.1) is 25.2 Å². The van der Waals surface area contributed by atoms with E-state index in [1.807, 2.05) is 38.1 Å². The van der Waals surface area contributed by atoms with Crippen LogP contribution in [-0.2, 0) is 6.61 Å². The number of carboxylic acids is 1. The summed E-state index contributed by atoms with van der Waals surface area (Å²) < 4.78 is 5.68. The Bertz CT molecular complexity index is 709. The van der Waals surface area contributed by atoms with Crippen molar-refractivity contribution in [3.05, 3.63) is 64.2 Å². The zero-order valence-electron chi connectivity index (χ0n) is 11.9. The predicted molar refractivity (Wildman–Crippen MR) is 78.4 cm³/mol. The van der Waals surface area contributed by atoms with Crippen molar-refractivity contribution in [2.24, 2.45) is 0 Å². The molecule has 0 saturated carbocycles. The molecule has 0 amide bonds. The molecule has 0 unspecified atom stereocenters. The van der Waals surface area contributed by atoms with E-state index in [-0.39, 0.29) is 5.56 Å². The minimum absolute atomic E-state index is 0.102. The smallest absolute Gasteiger partial charge is 0.335 e. The average Bonchev–Trinajstić information content (AvgIpc) is 2.46. The first kappa shape index (κ1) is 14.6. The highest BCUT2D eigenvalue weighted by molar-refractivity contribution is 5.88. The Labute approximate surface area is 123 Å². The lowest BCUT2D eigenvalue weighted by atomic mass is 10.0. The first-order valence-electron chi connectivity index (χ1n) is 6.48. The molecule has 2 aromatic carbocycles. The van der Waals surface area contributed by atoms with Gasteiger partial charge in [0.15, 0.2) is 0 Å². The molecule has 1 N–H and O–H groups in total. The van der Waals surface area contributed by atoms with Crippen molar-refractivity contribution in [1.82, 2.24) is 0 Å². The van der Waals surface area contributed by atoms with Crippen LogP contribution in [0.1, 0.15) is 32.6 Å². The average molecular weight is 281 g/mol. The Hall–Kier alpha value is -2.80. The van der Waals surface area contributed by atoms with Gasteiger partial charge in [-0.2, -0.15) is 5.26 Å². The number of ether oxygens (including phenoxy) is 1. The molecule has 0 heterocycles. The maximum atomic E-state index is 11.0. The first-order chi connectivity index (χ1) is 10.0. The molecule has 2 rings (SSSR count). The maximum Gasteiger partial charge on any atom is 0.335 e. The number of aromatic carboxylic acids is 1.